The molecule has 0 bridgehead atoms. The lowest BCUT2D eigenvalue weighted by Crippen LogP contribution is -2.30. The molecule has 0 aliphatic carbocycles. The third kappa shape index (κ3) is 2.85. The quantitative estimate of drug-likeness (QED) is 0.872. The van der Waals surface area contributed by atoms with Crippen molar-refractivity contribution < 1.29 is 9.13 Å². The summed E-state index contributed by atoms with van der Waals surface area (Å²) in [6, 6.07) is 5.27. The summed E-state index contributed by atoms with van der Waals surface area (Å²) in [6.45, 7) is 3.67. The van der Waals surface area contributed by atoms with Crippen molar-refractivity contribution in [2.75, 3.05) is 20.3 Å². The summed E-state index contributed by atoms with van der Waals surface area (Å²) < 4.78 is 18.7. The van der Waals surface area contributed by atoms with Crippen LogP contribution in [0.15, 0.2) is 18.2 Å². The second-order valence-electron chi connectivity index (χ2n) is 4.72. The van der Waals surface area contributed by atoms with Crippen molar-refractivity contribution in [3.05, 3.63) is 35.1 Å². The smallest absolute Gasteiger partial charge is 0.123 e. The molecule has 1 N–H and O–H groups in total. The molecule has 0 saturated carbocycles. The SMILES string of the molecule is CNC(c1cc(F)ccc1C)C1CCOCC1. The molecule has 0 spiro atoms. The molecule has 0 radical (unpaired) electrons. The van der Waals surface area contributed by atoms with Gasteiger partial charge in [0.05, 0.1) is 0 Å². The van der Waals surface area contributed by atoms with Crippen molar-refractivity contribution in [3.8, 4) is 0 Å². The molecule has 3 heteroatoms. The Balaban J connectivity index is 2.24. The number of aryl methyl sites for hydroxylation is 1. The van der Waals surface area contributed by atoms with E-state index in [4.69, 9.17) is 4.74 Å². The molecule has 94 valence electrons. The van der Waals surface area contributed by atoms with E-state index < -0.39 is 0 Å². The zero-order valence-corrected chi connectivity index (χ0v) is 10.5. The number of rotatable bonds is 3. The van der Waals surface area contributed by atoms with E-state index >= 15 is 0 Å². The minimum atomic E-state index is -0.155. The summed E-state index contributed by atoms with van der Waals surface area (Å²) in [5.74, 6) is 0.382. The Bertz CT molecular complexity index is 374. The van der Waals surface area contributed by atoms with Gasteiger partial charge in [-0.05, 0) is 56.0 Å². The first kappa shape index (κ1) is 12.5. The summed E-state index contributed by atoms with van der Waals surface area (Å²) in [5, 5.41) is 3.33. The summed E-state index contributed by atoms with van der Waals surface area (Å²) >= 11 is 0. The molecule has 1 heterocycles. The van der Waals surface area contributed by atoms with E-state index in [2.05, 4.69) is 5.32 Å². The highest BCUT2D eigenvalue weighted by Crippen LogP contribution is 2.31. The van der Waals surface area contributed by atoms with Crippen LogP contribution in [0, 0.1) is 18.7 Å². The van der Waals surface area contributed by atoms with Crippen molar-refractivity contribution >= 4 is 0 Å². The van der Waals surface area contributed by atoms with Crippen LogP contribution in [0.2, 0.25) is 0 Å². The number of hydrogen-bond acceptors (Lipinski definition) is 2. The molecule has 2 rings (SSSR count). The lowest BCUT2D eigenvalue weighted by Gasteiger charge is -2.31. The monoisotopic (exact) mass is 237 g/mol. The van der Waals surface area contributed by atoms with Crippen LogP contribution in [-0.4, -0.2) is 20.3 Å². The minimum absolute atomic E-state index is 0.155. The van der Waals surface area contributed by atoms with Crippen LogP contribution in [0.5, 0.6) is 0 Å². The molecule has 0 amide bonds. The molecular weight excluding hydrogens is 217 g/mol. The Morgan fingerprint density at radius 1 is 1.35 bits per heavy atom. The Morgan fingerprint density at radius 2 is 2.06 bits per heavy atom. The van der Waals surface area contributed by atoms with Crippen LogP contribution in [0.25, 0.3) is 0 Å². The Morgan fingerprint density at radius 3 is 2.71 bits per heavy atom. The third-order valence-corrected chi connectivity index (χ3v) is 3.62. The molecule has 1 aromatic carbocycles. The van der Waals surface area contributed by atoms with Gasteiger partial charge in [0.15, 0.2) is 0 Å². The zero-order chi connectivity index (χ0) is 12.3. The zero-order valence-electron chi connectivity index (χ0n) is 10.5. The second-order valence-corrected chi connectivity index (χ2v) is 4.72. The largest absolute Gasteiger partial charge is 0.381 e. The van der Waals surface area contributed by atoms with E-state index in [1.165, 1.54) is 6.07 Å². The van der Waals surface area contributed by atoms with Gasteiger partial charge >= 0.3 is 0 Å². The first-order chi connectivity index (χ1) is 8.22. The fraction of sp³-hybridized carbons (Fsp3) is 0.571. The lowest BCUT2D eigenvalue weighted by atomic mass is 9.85. The van der Waals surface area contributed by atoms with Crippen LogP contribution < -0.4 is 5.32 Å². The van der Waals surface area contributed by atoms with E-state index in [1.54, 1.807) is 6.07 Å². The molecule has 1 aromatic rings. The van der Waals surface area contributed by atoms with Gasteiger partial charge in [0.2, 0.25) is 0 Å². The molecule has 0 aromatic heterocycles. The van der Waals surface area contributed by atoms with Crippen LogP contribution >= 0.6 is 0 Å². The van der Waals surface area contributed by atoms with Crippen molar-refractivity contribution in [1.82, 2.24) is 5.32 Å². The highest BCUT2D eigenvalue weighted by Gasteiger charge is 2.25. The number of benzene rings is 1. The van der Waals surface area contributed by atoms with Crippen molar-refractivity contribution in [3.63, 3.8) is 0 Å². The first-order valence-corrected chi connectivity index (χ1v) is 6.23. The number of halogens is 1. The van der Waals surface area contributed by atoms with Gasteiger partial charge in [0.25, 0.3) is 0 Å². The van der Waals surface area contributed by atoms with Gasteiger partial charge in [-0.1, -0.05) is 6.07 Å². The first-order valence-electron chi connectivity index (χ1n) is 6.23. The van der Waals surface area contributed by atoms with Crippen LogP contribution in [-0.2, 0) is 4.74 Å². The van der Waals surface area contributed by atoms with Gasteiger partial charge < -0.3 is 10.1 Å². The van der Waals surface area contributed by atoms with Gasteiger partial charge in [-0.2, -0.15) is 0 Å². The average molecular weight is 237 g/mol. The minimum Gasteiger partial charge on any atom is -0.381 e. The molecule has 1 fully saturated rings. The maximum Gasteiger partial charge on any atom is 0.123 e. The van der Waals surface area contributed by atoms with E-state index in [1.807, 2.05) is 20.0 Å². The summed E-state index contributed by atoms with van der Waals surface area (Å²) in [6.07, 6.45) is 2.09. The van der Waals surface area contributed by atoms with E-state index in [-0.39, 0.29) is 11.9 Å². The number of hydrogen-bond donors (Lipinski definition) is 1. The molecule has 2 nitrogen and oxygen atoms in total. The second kappa shape index (κ2) is 5.61. The molecular formula is C14H20FNO. The summed E-state index contributed by atoms with van der Waals surface area (Å²) in [7, 11) is 1.95. The molecule has 1 unspecified atom stereocenters. The topological polar surface area (TPSA) is 21.3 Å². The molecule has 1 saturated heterocycles. The van der Waals surface area contributed by atoms with E-state index in [0.29, 0.717) is 5.92 Å². The van der Waals surface area contributed by atoms with Crippen LogP contribution in [0.3, 0.4) is 0 Å². The Labute approximate surface area is 102 Å². The van der Waals surface area contributed by atoms with Gasteiger partial charge in [-0.3, -0.25) is 0 Å². The van der Waals surface area contributed by atoms with Crippen LogP contribution in [0.1, 0.15) is 30.0 Å². The summed E-state index contributed by atoms with van der Waals surface area (Å²) in [4.78, 5) is 0. The molecule has 1 aliphatic rings. The predicted octanol–water partition coefficient (Wildman–Crippen LogP) is 2.82. The highest BCUT2D eigenvalue weighted by atomic mass is 19.1. The van der Waals surface area contributed by atoms with Crippen LogP contribution in [0.4, 0.5) is 4.39 Å². The predicted molar refractivity (Wildman–Crippen MR) is 66.5 cm³/mol. The number of ether oxygens (including phenoxy) is 1. The van der Waals surface area contributed by atoms with Crippen molar-refractivity contribution in [2.45, 2.75) is 25.8 Å². The Hall–Kier alpha value is -0.930. The average Bonchev–Trinajstić information content (AvgIpc) is 2.36. The molecule has 1 aliphatic heterocycles. The van der Waals surface area contributed by atoms with Gasteiger partial charge in [-0.15, -0.1) is 0 Å². The normalized spacial score (nSPS) is 19.2. The van der Waals surface area contributed by atoms with Crippen molar-refractivity contribution in [2.24, 2.45) is 5.92 Å². The Kier molecular flexibility index (Phi) is 4.13. The van der Waals surface area contributed by atoms with E-state index in [0.717, 1.165) is 37.2 Å². The number of nitrogens with one attached hydrogen (secondary N) is 1. The van der Waals surface area contributed by atoms with Crippen molar-refractivity contribution in [1.29, 1.82) is 0 Å². The standard InChI is InChI=1S/C14H20FNO/c1-10-3-4-12(15)9-13(10)14(16-2)11-5-7-17-8-6-11/h3-4,9,11,14,16H,5-8H2,1-2H3. The summed E-state index contributed by atoms with van der Waals surface area (Å²) in [5.41, 5.74) is 2.23. The van der Waals surface area contributed by atoms with E-state index in [9.17, 15) is 4.39 Å². The fourth-order valence-electron chi connectivity index (χ4n) is 2.64. The maximum atomic E-state index is 13.4. The van der Waals surface area contributed by atoms with Gasteiger partial charge in [-0.25, -0.2) is 4.39 Å². The molecule has 1 atom stereocenters. The highest BCUT2D eigenvalue weighted by molar-refractivity contribution is 5.30. The third-order valence-electron chi connectivity index (χ3n) is 3.62. The maximum absolute atomic E-state index is 13.4. The molecule has 17 heavy (non-hydrogen) atoms. The van der Waals surface area contributed by atoms with Gasteiger partial charge in [0.1, 0.15) is 5.82 Å². The van der Waals surface area contributed by atoms with Gasteiger partial charge in [0, 0.05) is 19.3 Å². The fourth-order valence-corrected chi connectivity index (χ4v) is 2.64. The lowest BCUT2D eigenvalue weighted by molar-refractivity contribution is 0.0545.